The molecular weight excluding hydrogens is 224 g/mol. The predicted octanol–water partition coefficient (Wildman–Crippen LogP) is 2.51. The van der Waals surface area contributed by atoms with E-state index in [0.717, 1.165) is 0 Å². The third-order valence-corrected chi connectivity index (χ3v) is 0.911. The van der Waals surface area contributed by atoms with Gasteiger partial charge in [-0.3, -0.25) is 0 Å². The molecule has 0 aromatic rings. The summed E-state index contributed by atoms with van der Waals surface area (Å²) in [5.74, 6) is 0. The zero-order valence-electron chi connectivity index (χ0n) is 6.30. The SMILES string of the molecule is Cl.FC(F)(F)CCNCC(F)(F)F. The molecule has 1 nitrogen and oxygen atoms in total. The second kappa shape index (κ2) is 5.54. The molecule has 0 aromatic carbocycles. The van der Waals surface area contributed by atoms with E-state index in [9.17, 15) is 26.3 Å². The van der Waals surface area contributed by atoms with Crippen LogP contribution in [0.25, 0.3) is 0 Å². The van der Waals surface area contributed by atoms with Crippen LogP contribution < -0.4 is 5.32 Å². The number of alkyl halides is 6. The van der Waals surface area contributed by atoms with Crippen LogP contribution in [-0.2, 0) is 0 Å². The van der Waals surface area contributed by atoms with Crippen LogP contribution in [0.4, 0.5) is 26.3 Å². The number of rotatable bonds is 3. The van der Waals surface area contributed by atoms with Gasteiger partial charge in [-0.2, -0.15) is 26.3 Å². The van der Waals surface area contributed by atoms with Crippen LogP contribution in [-0.4, -0.2) is 25.4 Å². The van der Waals surface area contributed by atoms with Crippen molar-refractivity contribution in [1.29, 1.82) is 0 Å². The van der Waals surface area contributed by atoms with Gasteiger partial charge in [-0.25, -0.2) is 0 Å². The topological polar surface area (TPSA) is 12.0 Å². The third kappa shape index (κ3) is 14.7. The number of hydrogen-bond donors (Lipinski definition) is 1. The van der Waals surface area contributed by atoms with Crippen molar-refractivity contribution in [2.24, 2.45) is 0 Å². The Morgan fingerprint density at radius 2 is 1.31 bits per heavy atom. The first-order chi connectivity index (χ1) is 5.21. The van der Waals surface area contributed by atoms with E-state index in [2.05, 4.69) is 0 Å². The molecule has 82 valence electrons. The molecule has 0 aliphatic carbocycles. The fourth-order valence-corrected chi connectivity index (χ4v) is 0.460. The minimum atomic E-state index is -4.45. The lowest BCUT2D eigenvalue weighted by Crippen LogP contribution is -2.31. The molecule has 0 atom stereocenters. The molecule has 0 saturated carbocycles. The maximum Gasteiger partial charge on any atom is 0.401 e. The zero-order chi connectivity index (χ0) is 9.83. The van der Waals surface area contributed by atoms with Crippen molar-refractivity contribution < 1.29 is 26.3 Å². The highest BCUT2D eigenvalue weighted by molar-refractivity contribution is 5.85. The zero-order valence-corrected chi connectivity index (χ0v) is 7.11. The maximum absolute atomic E-state index is 11.4. The number of halogens is 7. The minimum Gasteiger partial charge on any atom is -0.308 e. The van der Waals surface area contributed by atoms with E-state index in [0.29, 0.717) is 0 Å². The van der Waals surface area contributed by atoms with Crippen LogP contribution in [0.3, 0.4) is 0 Å². The summed E-state index contributed by atoms with van der Waals surface area (Å²) >= 11 is 0. The Labute approximate surface area is 76.9 Å². The molecule has 0 rings (SSSR count). The molecule has 8 heteroatoms. The Bertz CT molecular complexity index is 114. The lowest BCUT2D eigenvalue weighted by Gasteiger charge is -2.09. The first-order valence-corrected chi connectivity index (χ1v) is 3.05. The summed E-state index contributed by atoms with van der Waals surface area (Å²) in [4.78, 5) is 0. The second-order valence-corrected chi connectivity index (χ2v) is 2.16. The van der Waals surface area contributed by atoms with Crippen LogP contribution in [0.2, 0.25) is 0 Å². The van der Waals surface area contributed by atoms with Crippen molar-refractivity contribution >= 4 is 12.4 Å². The highest BCUT2D eigenvalue weighted by Gasteiger charge is 2.29. The fraction of sp³-hybridized carbons (Fsp3) is 1.00. The van der Waals surface area contributed by atoms with E-state index in [-0.39, 0.29) is 12.4 Å². The lowest BCUT2D eigenvalue weighted by atomic mass is 10.4. The summed E-state index contributed by atoms with van der Waals surface area (Å²) in [6.45, 7) is -2.09. The Hall–Kier alpha value is -0.170. The third-order valence-electron chi connectivity index (χ3n) is 0.911. The Balaban J connectivity index is 0. The fourth-order valence-electron chi connectivity index (χ4n) is 0.460. The number of nitrogens with one attached hydrogen (secondary N) is 1. The normalized spacial score (nSPS) is 12.5. The van der Waals surface area contributed by atoms with Gasteiger partial charge in [0.25, 0.3) is 0 Å². The standard InChI is InChI=1S/C5H7F6N.ClH/c6-4(7,8)1-2-12-3-5(9,10)11;/h12H,1-3H2;1H. The average molecular weight is 232 g/mol. The molecule has 0 aromatic heterocycles. The van der Waals surface area contributed by atoms with Gasteiger partial charge in [0.2, 0.25) is 0 Å². The van der Waals surface area contributed by atoms with Gasteiger partial charge in [-0.15, -0.1) is 12.4 Å². The van der Waals surface area contributed by atoms with Crippen molar-refractivity contribution in [3.8, 4) is 0 Å². The van der Waals surface area contributed by atoms with Crippen molar-refractivity contribution in [3.05, 3.63) is 0 Å². The smallest absolute Gasteiger partial charge is 0.308 e. The first kappa shape index (κ1) is 15.3. The molecule has 0 unspecified atom stereocenters. The molecule has 0 bridgehead atoms. The van der Waals surface area contributed by atoms with Gasteiger partial charge in [-0.05, 0) is 0 Å². The first-order valence-electron chi connectivity index (χ1n) is 3.05. The van der Waals surface area contributed by atoms with Crippen molar-refractivity contribution in [3.63, 3.8) is 0 Å². The lowest BCUT2D eigenvalue weighted by molar-refractivity contribution is -0.140. The largest absolute Gasteiger partial charge is 0.401 e. The molecule has 0 aliphatic rings. The van der Waals surface area contributed by atoms with E-state index < -0.39 is 31.9 Å². The molecule has 0 spiro atoms. The van der Waals surface area contributed by atoms with Crippen LogP contribution >= 0.6 is 12.4 Å². The summed E-state index contributed by atoms with van der Waals surface area (Å²) in [6, 6.07) is 0. The van der Waals surface area contributed by atoms with E-state index >= 15 is 0 Å². The van der Waals surface area contributed by atoms with E-state index in [4.69, 9.17) is 0 Å². The van der Waals surface area contributed by atoms with E-state index in [1.807, 2.05) is 0 Å². The molecule has 13 heavy (non-hydrogen) atoms. The number of hydrogen-bond acceptors (Lipinski definition) is 1. The molecule has 0 fully saturated rings. The summed E-state index contributed by atoms with van der Waals surface area (Å²) in [5.41, 5.74) is 0. The minimum absolute atomic E-state index is 0. The highest BCUT2D eigenvalue weighted by Crippen LogP contribution is 2.18. The molecule has 0 heterocycles. The van der Waals surface area contributed by atoms with Gasteiger partial charge >= 0.3 is 12.4 Å². The molecule has 0 aliphatic heterocycles. The quantitative estimate of drug-likeness (QED) is 0.581. The maximum atomic E-state index is 11.4. The summed E-state index contributed by atoms with van der Waals surface area (Å²) < 4.78 is 68.1. The second-order valence-electron chi connectivity index (χ2n) is 2.16. The molecule has 0 saturated heterocycles. The summed E-state index contributed by atoms with van der Waals surface area (Å²) in [5, 5.41) is 1.64. The monoisotopic (exact) mass is 231 g/mol. The molecule has 1 N–H and O–H groups in total. The van der Waals surface area contributed by atoms with Crippen molar-refractivity contribution in [2.75, 3.05) is 13.1 Å². The van der Waals surface area contributed by atoms with Crippen molar-refractivity contribution in [2.45, 2.75) is 18.8 Å². The average Bonchev–Trinajstić information content (AvgIpc) is 1.76. The van der Waals surface area contributed by atoms with Gasteiger partial charge in [0.1, 0.15) is 0 Å². The van der Waals surface area contributed by atoms with Crippen LogP contribution in [0.5, 0.6) is 0 Å². The van der Waals surface area contributed by atoms with Gasteiger partial charge in [0.15, 0.2) is 0 Å². The predicted molar refractivity (Wildman–Crippen MR) is 36.8 cm³/mol. The van der Waals surface area contributed by atoms with Gasteiger partial charge < -0.3 is 5.32 Å². The van der Waals surface area contributed by atoms with Crippen LogP contribution in [0.1, 0.15) is 6.42 Å². The van der Waals surface area contributed by atoms with Crippen LogP contribution in [0, 0.1) is 0 Å². The van der Waals surface area contributed by atoms with Gasteiger partial charge in [-0.1, -0.05) is 0 Å². The van der Waals surface area contributed by atoms with E-state index in [1.165, 1.54) is 0 Å². The molecular formula is C5H8ClF6N. The summed E-state index contributed by atoms with van der Waals surface area (Å²) in [6.07, 6.45) is -10.1. The van der Waals surface area contributed by atoms with Crippen molar-refractivity contribution in [1.82, 2.24) is 5.32 Å². The molecule has 0 radical (unpaired) electrons. The Kier molecular flexibility index (Phi) is 6.52. The van der Waals surface area contributed by atoms with Gasteiger partial charge in [0.05, 0.1) is 13.0 Å². The highest BCUT2D eigenvalue weighted by atomic mass is 35.5. The molecule has 0 amide bonds. The van der Waals surface area contributed by atoms with Crippen LogP contribution in [0.15, 0.2) is 0 Å². The Morgan fingerprint density at radius 3 is 1.62 bits per heavy atom. The summed E-state index contributed by atoms with van der Waals surface area (Å²) in [7, 11) is 0. The Morgan fingerprint density at radius 1 is 0.846 bits per heavy atom. The van der Waals surface area contributed by atoms with E-state index in [1.54, 1.807) is 5.32 Å². The van der Waals surface area contributed by atoms with Gasteiger partial charge in [0, 0.05) is 6.54 Å².